The first-order valence-corrected chi connectivity index (χ1v) is 6.67. The van der Waals surface area contributed by atoms with E-state index in [0.29, 0.717) is 0 Å². The van der Waals surface area contributed by atoms with Gasteiger partial charge in [-0.05, 0) is 54.0 Å². The number of hydrogen-bond acceptors (Lipinski definition) is 2. The van der Waals surface area contributed by atoms with Crippen LogP contribution in [0.25, 0.3) is 10.9 Å². The number of fused-ring (bicyclic) bond motifs is 1. The van der Waals surface area contributed by atoms with Gasteiger partial charge in [0.1, 0.15) is 6.23 Å². The largest absolute Gasteiger partial charge is 0.357 e. The number of hydrogen-bond donors (Lipinski definition) is 0. The maximum Gasteiger partial charge on any atom is 0.150 e. The number of ether oxygens (including phenoxy) is 1. The molecule has 0 N–H and O–H groups in total. The van der Waals surface area contributed by atoms with Crippen molar-refractivity contribution in [1.82, 2.24) is 9.78 Å². The molecule has 1 aliphatic heterocycles. The van der Waals surface area contributed by atoms with Crippen molar-refractivity contribution in [2.45, 2.75) is 25.5 Å². The zero-order valence-electron chi connectivity index (χ0n) is 8.90. The van der Waals surface area contributed by atoms with Gasteiger partial charge in [0.25, 0.3) is 0 Å². The average molecular weight is 328 g/mol. The van der Waals surface area contributed by atoms with Gasteiger partial charge in [-0.3, -0.25) is 0 Å². The third-order valence-electron chi connectivity index (χ3n) is 2.94. The lowest BCUT2D eigenvalue weighted by molar-refractivity contribution is -0.0390. The molecule has 1 atom stereocenters. The molecule has 1 fully saturated rings. The van der Waals surface area contributed by atoms with Crippen LogP contribution < -0.4 is 0 Å². The van der Waals surface area contributed by atoms with E-state index in [-0.39, 0.29) is 6.23 Å². The van der Waals surface area contributed by atoms with Gasteiger partial charge in [0.15, 0.2) is 0 Å². The summed E-state index contributed by atoms with van der Waals surface area (Å²) in [6.07, 6.45) is 5.71. The van der Waals surface area contributed by atoms with Crippen molar-refractivity contribution in [3.8, 4) is 0 Å². The molecule has 84 valence electrons. The Balaban J connectivity index is 1.97. The predicted molar refractivity (Wildman–Crippen MR) is 71.3 cm³/mol. The summed E-state index contributed by atoms with van der Waals surface area (Å²) in [6, 6.07) is 6.33. The van der Waals surface area contributed by atoms with Gasteiger partial charge in [0.2, 0.25) is 0 Å². The van der Waals surface area contributed by atoms with Gasteiger partial charge >= 0.3 is 0 Å². The average Bonchev–Trinajstić information content (AvgIpc) is 2.73. The number of halogens is 1. The fourth-order valence-corrected chi connectivity index (χ4v) is 2.56. The van der Waals surface area contributed by atoms with Gasteiger partial charge in [0.05, 0.1) is 5.52 Å². The summed E-state index contributed by atoms with van der Waals surface area (Å²) in [4.78, 5) is 0. The van der Waals surface area contributed by atoms with Crippen LogP contribution in [-0.4, -0.2) is 16.4 Å². The van der Waals surface area contributed by atoms with Crippen LogP contribution in [0, 0.1) is 3.57 Å². The van der Waals surface area contributed by atoms with Crippen molar-refractivity contribution in [1.29, 1.82) is 0 Å². The molecule has 1 aromatic heterocycles. The summed E-state index contributed by atoms with van der Waals surface area (Å²) in [5.74, 6) is 0. The maximum atomic E-state index is 5.72. The Bertz CT molecular complexity index is 503. The molecule has 0 aliphatic carbocycles. The van der Waals surface area contributed by atoms with E-state index in [0.717, 1.165) is 18.5 Å². The highest BCUT2D eigenvalue weighted by atomic mass is 127. The lowest BCUT2D eigenvalue weighted by Crippen LogP contribution is -2.18. The van der Waals surface area contributed by atoms with E-state index in [1.165, 1.54) is 21.8 Å². The predicted octanol–water partition coefficient (Wildman–Crippen LogP) is 3.34. The van der Waals surface area contributed by atoms with Gasteiger partial charge in [-0.15, -0.1) is 0 Å². The molecule has 1 aromatic carbocycles. The smallest absolute Gasteiger partial charge is 0.150 e. The highest BCUT2D eigenvalue weighted by molar-refractivity contribution is 14.1. The molecule has 2 aromatic rings. The standard InChI is InChI=1S/C12H13IN2O/c13-10-5-4-9-8-15(14-11(9)7-10)12-3-1-2-6-16-12/h4-5,7-8,12H,1-3,6H2. The Labute approximate surface area is 108 Å². The van der Waals surface area contributed by atoms with E-state index in [9.17, 15) is 0 Å². The number of benzene rings is 1. The molecule has 0 bridgehead atoms. The lowest BCUT2D eigenvalue weighted by Gasteiger charge is -2.22. The van der Waals surface area contributed by atoms with E-state index in [1.807, 2.05) is 4.68 Å². The highest BCUT2D eigenvalue weighted by Crippen LogP contribution is 2.24. The topological polar surface area (TPSA) is 27.1 Å². The highest BCUT2D eigenvalue weighted by Gasteiger charge is 2.16. The van der Waals surface area contributed by atoms with Crippen molar-refractivity contribution in [2.75, 3.05) is 6.61 Å². The second kappa shape index (κ2) is 4.33. The molecular weight excluding hydrogens is 315 g/mol. The van der Waals surface area contributed by atoms with Crippen LogP contribution in [0.1, 0.15) is 25.5 Å². The van der Waals surface area contributed by atoms with Crippen LogP contribution in [0.5, 0.6) is 0 Å². The summed E-state index contributed by atoms with van der Waals surface area (Å²) < 4.78 is 8.92. The Kier molecular flexibility index (Phi) is 2.85. The molecule has 0 saturated carbocycles. The van der Waals surface area contributed by atoms with Crippen molar-refractivity contribution in [2.24, 2.45) is 0 Å². The zero-order chi connectivity index (χ0) is 11.0. The van der Waals surface area contributed by atoms with Crippen LogP contribution in [0.15, 0.2) is 24.4 Å². The van der Waals surface area contributed by atoms with Crippen LogP contribution >= 0.6 is 22.6 Å². The zero-order valence-corrected chi connectivity index (χ0v) is 11.1. The number of rotatable bonds is 1. The molecule has 1 saturated heterocycles. The van der Waals surface area contributed by atoms with Gasteiger partial charge in [-0.2, -0.15) is 5.10 Å². The van der Waals surface area contributed by atoms with Crippen molar-refractivity contribution >= 4 is 33.5 Å². The van der Waals surface area contributed by atoms with E-state index in [4.69, 9.17) is 4.74 Å². The van der Waals surface area contributed by atoms with Crippen molar-refractivity contribution < 1.29 is 4.74 Å². The Hall–Kier alpha value is -0.620. The summed E-state index contributed by atoms with van der Waals surface area (Å²) >= 11 is 2.31. The Morgan fingerprint density at radius 2 is 2.31 bits per heavy atom. The molecule has 4 heteroatoms. The molecule has 1 aliphatic rings. The molecule has 3 rings (SSSR count). The SMILES string of the molecule is Ic1ccc2cn(C3CCCCO3)nc2c1. The van der Waals surface area contributed by atoms with E-state index < -0.39 is 0 Å². The first kappa shape index (κ1) is 10.5. The third kappa shape index (κ3) is 1.96. The minimum atomic E-state index is 0.138. The molecule has 1 unspecified atom stereocenters. The van der Waals surface area contributed by atoms with Crippen LogP contribution in [0.3, 0.4) is 0 Å². The minimum absolute atomic E-state index is 0.138. The van der Waals surface area contributed by atoms with E-state index in [2.05, 4.69) is 52.1 Å². The molecule has 3 nitrogen and oxygen atoms in total. The quantitative estimate of drug-likeness (QED) is 0.751. The van der Waals surface area contributed by atoms with Gasteiger partial charge < -0.3 is 4.74 Å². The lowest BCUT2D eigenvalue weighted by atomic mass is 10.2. The van der Waals surface area contributed by atoms with E-state index in [1.54, 1.807) is 0 Å². The summed E-state index contributed by atoms with van der Waals surface area (Å²) in [7, 11) is 0. The van der Waals surface area contributed by atoms with Crippen LogP contribution in [0.4, 0.5) is 0 Å². The Morgan fingerprint density at radius 1 is 1.38 bits per heavy atom. The molecular formula is C12H13IN2O. The summed E-state index contributed by atoms with van der Waals surface area (Å²) in [5.41, 5.74) is 1.06. The molecule has 2 heterocycles. The van der Waals surface area contributed by atoms with Gasteiger partial charge in [0, 0.05) is 21.8 Å². The summed E-state index contributed by atoms with van der Waals surface area (Å²) in [5, 5.41) is 5.77. The summed E-state index contributed by atoms with van der Waals surface area (Å²) in [6.45, 7) is 0.860. The van der Waals surface area contributed by atoms with Crippen LogP contribution in [-0.2, 0) is 4.74 Å². The van der Waals surface area contributed by atoms with Gasteiger partial charge in [-0.25, -0.2) is 4.68 Å². The van der Waals surface area contributed by atoms with Crippen molar-refractivity contribution in [3.05, 3.63) is 28.0 Å². The second-order valence-electron chi connectivity index (χ2n) is 4.13. The van der Waals surface area contributed by atoms with Crippen LogP contribution in [0.2, 0.25) is 0 Å². The molecule has 16 heavy (non-hydrogen) atoms. The first-order valence-electron chi connectivity index (χ1n) is 5.59. The fraction of sp³-hybridized carbons (Fsp3) is 0.417. The van der Waals surface area contributed by atoms with Crippen molar-refractivity contribution in [3.63, 3.8) is 0 Å². The monoisotopic (exact) mass is 328 g/mol. The number of aromatic nitrogens is 2. The normalized spacial score (nSPS) is 21.4. The third-order valence-corrected chi connectivity index (χ3v) is 3.61. The molecule has 0 amide bonds. The fourth-order valence-electron chi connectivity index (χ4n) is 2.09. The maximum absolute atomic E-state index is 5.72. The first-order chi connectivity index (χ1) is 7.83. The minimum Gasteiger partial charge on any atom is -0.357 e. The molecule has 0 spiro atoms. The van der Waals surface area contributed by atoms with Gasteiger partial charge in [-0.1, -0.05) is 6.07 Å². The molecule has 0 radical (unpaired) electrons. The Morgan fingerprint density at radius 3 is 3.12 bits per heavy atom. The van der Waals surface area contributed by atoms with E-state index >= 15 is 0 Å². The number of nitrogens with zero attached hydrogens (tertiary/aromatic N) is 2. The second-order valence-corrected chi connectivity index (χ2v) is 5.38.